The van der Waals surface area contributed by atoms with Gasteiger partial charge in [-0.05, 0) is 235 Å². The summed E-state index contributed by atoms with van der Waals surface area (Å²) >= 11 is 0. The molecule has 0 rings (SSSR count). The van der Waals surface area contributed by atoms with Crippen LogP contribution in [0.3, 0.4) is 0 Å². The summed E-state index contributed by atoms with van der Waals surface area (Å²) in [5.41, 5.74) is 47.3. The van der Waals surface area contributed by atoms with Gasteiger partial charge in [-0.25, -0.2) is 0 Å². The Kier molecular flexibility index (Phi) is 43.5. The highest BCUT2D eigenvalue weighted by molar-refractivity contribution is 4.71. The van der Waals surface area contributed by atoms with Gasteiger partial charge >= 0.3 is 0 Å². The van der Waals surface area contributed by atoms with Gasteiger partial charge in [0, 0.05) is 45.9 Å². The molecular weight excluding hydrogens is 741 g/mol. The summed E-state index contributed by atoms with van der Waals surface area (Å²) < 4.78 is 0. The van der Waals surface area contributed by atoms with Gasteiger partial charge in [0.2, 0.25) is 0 Å². The fraction of sp³-hybridized carbons (Fsp3) is 1.00. The third-order valence-electron chi connectivity index (χ3n) is 11.3. The van der Waals surface area contributed by atoms with Crippen molar-refractivity contribution in [1.29, 1.82) is 0 Å². The Balaban J connectivity index is 5.65. The lowest BCUT2D eigenvalue weighted by atomic mass is 10.2. The Hall–Kier alpha value is -0.640. The lowest BCUT2D eigenvalue weighted by Gasteiger charge is -2.30. The molecule has 356 valence electrons. The van der Waals surface area contributed by atoms with E-state index in [0.29, 0.717) is 19.8 Å². The van der Waals surface area contributed by atoms with Crippen LogP contribution in [0.4, 0.5) is 0 Å². The molecule has 0 unspecified atom stereocenters. The summed E-state index contributed by atoms with van der Waals surface area (Å²) in [6.45, 7) is 28.3. The highest BCUT2D eigenvalue weighted by Gasteiger charge is 2.15. The zero-order chi connectivity index (χ0) is 43.6. The van der Waals surface area contributed by atoms with Crippen LogP contribution in [0, 0.1) is 0 Å². The number of rotatable bonds is 48. The molecule has 0 aromatic heterocycles. The van der Waals surface area contributed by atoms with Gasteiger partial charge in [0.05, 0.1) is 0 Å². The van der Waals surface area contributed by atoms with Gasteiger partial charge in [0.25, 0.3) is 0 Å². The van der Waals surface area contributed by atoms with Crippen molar-refractivity contribution in [3.63, 3.8) is 0 Å². The van der Waals surface area contributed by atoms with E-state index in [1.165, 1.54) is 19.3 Å². The van der Waals surface area contributed by atoms with Gasteiger partial charge in [0.1, 0.15) is 0 Å². The lowest BCUT2D eigenvalue weighted by molar-refractivity contribution is 0.171. The van der Waals surface area contributed by atoms with Crippen molar-refractivity contribution in [2.75, 3.05) is 204 Å². The maximum absolute atomic E-state index is 6.09. The molecule has 0 aliphatic carbocycles. The van der Waals surface area contributed by atoms with Crippen molar-refractivity contribution >= 4 is 0 Å². The predicted octanol–water partition coefficient (Wildman–Crippen LogP) is -1.03. The lowest BCUT2D eigenvalue weighted by Crippen LogP contribution is -2.40. The highest BCUT2D eigenvalue weighted by Crippen LogP contribution is 2.07. The molecule has 59 heavy (non-hydrogen) atoms. The minimum Gasteiger partial charge on any atom is -0.330 e. The maximum Gasteiger partial charge on any atom is 0.0455 e. The third-order valence-corrected chi connectivity index (χ3v) is 11.3. The van der Waals surface area contributed by atoms with Crippen molar-refractivity contribution in [3.05, 3.63) is 0 Å². The Bertz CT molecular complexity index is 815. The van der Waals surface area contributed by atoms with E-state index < -0.39 is 0 Å². The first-order chi connectivity index (χ1) is 28.8. The highest BCUT2D eigenvalue weighted by atomic mass is 15.2. The van der Waals surface area contributed by atoms with E-state index in [-0.39, 0.29) is 0 Å². The van der Waals surface area contributed by atoms with Gasteiger partial charge in [-0.2, -0.15) is 0 Å². The van der Waals surface area contributed by atoms with Gasteiger partial charge in [-0.3, -0.25) is 4.90 Å². The number of nitrogens with two attached hydrogens (primary N) is 8. The van der Waals surface area contributed by atoms with Crippen LogP contribution < -0.4 is 45.9 Å². The molecule has 0 fully saturated rings. The van der Waals surface area contributed by atoms with E-state index in [1.54, 1.807) is 0 Å². The van der Waals surface area contributed by atoms with Crippen LogP contribution in [0.5, 0.6) is 0 Å². The molecule has 0 bridgehead atoms. The standard InChI is InChI=1S/C43H104N16/c1-52(2)22-9-29-54(31-10-32-55(35-14-39-59(43-51)28-8-20-49)33-11-36-56(40-21-50)25-5-17-46)34-13-38-58(42-41-57(26-6-18-47)27-7-19-48)37-12-30-53(23-3-15-44)24-4-16-45/h3-51H2,1-2H3. The molecule has 16 nitrogen and oxygen atoms in total. The van der Waals surface area contributed by atoms with Crippen molar-refractivity contribution < 1.29 is 0 Å². The molecule has 0 heterocycles. The molecule has 0 saturated heterocycles. The number of nitrogens with zero attached hydrogens (tertiary/aromatic N) is 8. The second kappa shape index (κ2) is 44.0. The molecule has 0 atom stereocenters. The summed E-state index contributed by atoms with van der Waals surface area (Å²) in [6.07, 6.45) is 13.1. The van der Waals surface area contributed by atoms with Crippen LogP contribution in [0.1, 0.15) is 77.0 Å². The van der Waals surface area contributed by atoms with Crippen LogP contribution in [0.2, 0.25) is 0 Å². The van der Waals surface area contributed by atoms with Crippen LogP contribution in [-0.4, -0.2) is 243 Å². The topological polar surface area (TPSA) is 234 Å². The van der Waals surface area contributed by atoms with Crippen molar-refractivity contribution in [1.82, 2.24) is 39.2 Å². The molecule has 16 heteroatoms. The van der Waals surface area contributed by atoms with Crippen molar-refractivity contribution in [2.45, 2.75) is 77.0 Å². The van der Waals surface area contributed by atoms with E-state index >= 15 is 0 Å². The summed E-state index contributed by atoms with van der Waals surface area (Å²) in [6, 6.07) is 0. The summed E-state index contributed by atoms with van der Waals surface area (Å²) in [4.78, 5) is 20.5. The van der Waals surface area contributed by atoms with E-state index in [0.717, 1.165) is 228 Å². The molecule has 0 aliphatic heterocycles. The first-order valence-corrected chi connectivity index (χ1v) is 24.1. The largest absolute Gasteiger partial charge is 0.330 e. The molecule has 0 saturated carbocycles. The first kappa shape index (κ1) is 58.4. The van der Waals surface area contributed by atoms with Gasteiger partial charge in [-0.15, -0.1) is 0 Å². The van der Waals surface area contributed by atoms with Crippen LogP contribution in [-0.2, 0) is 0 Å². The Morgan fingerprint density at radius 1 is 0.203 bits per heavy atom. The van der Waals surface area contributed by atoms with E-state index in [4.69, 9.17) is 45.9 Å². The number of hydrogen-bond donors (Lipinski definition) is 8. The van der Waals surface area contributed by atoms with Crippen molar-refractivity contribution in [2.24, 2.45) is 45.9 Å². The molecular formula is C43H104N16. The predicted molar refractivity (Wildman–Crippen MR) is 257 cm³/mol. The summed E-state index contributed by atoms with van der Waals surface area (Å²) in [7, 11) is 4.37. The van der Waals surface area contributed by atoms with Gasteiger partial charge in [-0.1, -0.05) is 0 Å². The average molecular weight is 845 g/mol. The first-order valence-electron chi connectivity index (χ1n) is 24.1. The fourth-order valence-electron chi connectivity index (χ4n) is 7.86. The molecule has 0 spiro atoms. The maximum atomic E-state index is 6.09. The van der Waals surface area contributed by atoms with Crippen LogP contribution in [0.15, 0.2) is 0 Å². The monoisotopic (exact) mass is 845 g/mol. The fourth-order valence-corrected chi connectivity index (χ4v) is 7.86. The normalized spacial score (nSPS) is 12.5. The molecule has 0 aromatic carbocycles. The van der Waals surface area contributed by atoms with Crippen LogP contribution >= 0.6 is 0 Å². The summed E-state index contributed by atoms with van der Waals surface area (Å²) in [5, 5.41) is 0. The Labute approximate surface area is 365 Å². The van der Waals surface area contributed by atoms with E-state index in [2.05, 4.69) is 53.3 Å². The average Bonchev–Trinajstić information content (AvgIpc) is 3.23. The van der Waals surface area contributed by atoms with E-state index in [1.807, 2.05) is 0 Å². The minimum absolute atomic E-state index is 0.595. The minimum atomic E-state index is 0.595. The third kappa shape index (κ3) is 36.5. The number of hydrogen-bond acceptors (Lipinski definition) is 16. The quantitative estimate of drug-likeness (QED) is 0.0342. The van der Waals surface area contributed by atoms with E-state index in [9.17, 15) is 0 Å². The Morgan fingerprint density at radius 2 is 0.407 bits per heavy atom. The van der Waals surface area contributed by atoms with Crippen molar-refractivity contribution in [3.8, 4) is 0 Å². The molecule has 16 N–H and O–H groups in total. The smallest absolute Gasteiger partial charge is 0.0455 e. The van der Waals surface area contributed by atoms with Gasteiger partial charge in [0.15, 0.2) is 0 Å². The van der Waals surface area contributed by atoms with Gasteiger partial charge < -0.3 is 80.2 Å². The molecule has 0 amide bonds. The van der Waals surface area contributed by atoms with Crippen LogP contribution in [0.25, 0.3) is 0 Å². The zero-order valence-corrected chi connectivity index (χ0v) is 39.2. The molecule has 0 aromatic rings. The zero-order valence-electron chi connectivity index (χ0n) is 39.2. The molecule has 0 radical (unpaired) electrons. The molecule has 0 aliphatic rings. The summed E-state index contributed by atoms with van der Waals surface area (Å²) in [5.74, 6) is 0. The SMILES string of the molecule is CN(C)CCCN(CCCN(CCCN(CN)CCCN)CCCN(CCN)CCCN)CCCN(CCCN(CCCN)CCCN)CCN(CCCN)CCCN. The Morgan fingerprint density at radius 3 is 0.644 bits per heavy atom. The second-order valence-electron chi connectivity index (χ2n) is 16.9. The second-order valence-corrected chi connectivity index (χ2v) is 16.9.